The summed E-state index contributed by atoms with van der Waals surface area (Å²) < 4.78 is 33.8. The average molecular weight is 592 g/mol. The van der Waals surface area contributed by atoms with E-state index in [0.717, 1.165) is 37.7 Å². The van der Waals surface area contributed by atoms with Gasteiger partial charge in [-0.15, -0.1) is 0 Å². The maximum absolute atomic E-state index is 13.4. The zero-order valence-corrected chi connectivity index (χ0v) is 24.3. The Bertz CT molecular complexity index is 1270. The van der Waals surface area contributed by atoms with Crippen LogP contribution < -0.4 is 14.8 Å². The summed E-state index contributed by atoms with van der Waals surface area (Å²) in [6, 6.07) is 10.4. The highest BCUT2D eigenvalue weighted by Gasteiger charge is 2.35. The minimum atomic E-state index is -4.08. The molecule has 0 spiro atoms. The molecule has 2 saturated carbocycles. The molecule has 0 atom stereocenters. The van der Waals surface area contributed by atoms with E-state index >= 15 is 0 Å². The number of amides is 3. The number of hydrogen-bond acceptors (Lipinski definition) is 6. The lowest BCUT2D eigenvalue weighted by atomic mass is 9.88. The Morgan fingerprint density at radius 1 is 0.975 bits per heavy atom. The molecule has 0 saturated heterocycles. The van der Waals surface area contributed by atoms with Gasteiger partial charge in [0, 0.05) is 23.7 Å². The molecule has 2 aliphatic carbocycles. The van der Waals surface area contributed by atoms with E-state index in [1.54, 1.807) is 29.2 Å². The number of urea groups is 1. The molecule has 0 aliphatic heterocycles. The summed E-state index contributed by atoms with van der Waals surface area (Å²) in [4.78, 5) is 27.7. The van der Waals surface area contributed by atoms with Crippen LogP contribution in [0.4, 0.5) is 4.79 Å². The van der Waals surface area contributed by atoms with Gasteiger partial charge in [-0.3, -0.25) is 4.79 Å². The van der Waals surface area contributed by atoms with Crippen LogP contribution in [-0.2, 0) is 16.4 Å². The standard InChI is InChI=1S/C29H38ClN3O6S/c1-39-27-16-9-21(30)19-26(27)28(35)31-18-17-20-7-14-25(15-8-20)40(37,38)32-29(36)33(22-5-3-2-4-6-22)23-10-12-24(34)13-11-23/h7-9,14-16,19,22-24,34H,2-6,10-13,17-18H2,1H3,(H,31,35)(H,32,36). The van der Waals surface area contributed by atoms with E-state index in [9.17, 15) is 23.1 Å². The third-order valence-corrected chi connectivity index (χ3v) is 9.39. The fraction of sp³-hybridized carbons (Fsp3) is 0.517. The number of nitrogens with zero attached hydrogens (tertiary/aromatic N) is 1. The molecule has 2 fully saturated rings. The van der Waals surface area contributed by atoms with Crippen molar-refractivity contribution >= 4 is 33.6 Å². The van der Waals surface area contributed by atoms with Crippen molar-refractivity contribution in [3.05, 3.63) is 58.6 Å². The molecule has 2 aromatic carbocycles. The molecule has 218 valence electrons. The van der Waals surface area contributed by atoms with Crippen molar-refractivity contribution in [2.75, 3.05) is 13.7 Å². The number of aliphatic hydroxyl groups excluding tert-OH is 1. The van der Waals surface area contributed by atoms with Crippen LogP contribution in [0.25, 0.3) is 0 Å². The summed E-state index contributed by atoms with van der Waals surface area (Å²) in [6.45, 7) is 0.323. The normalized spacial score (nSPS) is 20.0. The molecule has 3 N–H and O–H groups in total. The molecule has 0 aromatic heterocycles. The highest BCUT2D eigenvalue weighted by atomic mass is 35.5. The molecule has 0 radical (unpaired) electrons. The molecule has 4 rings (SSSR count). The number of halogens is 1. The minimum Gasteiger partial charge on any atom is -0.496 e. The Morgan fingerprint density at radius 3 is 2.27 bits per heavy atom. The van der Waals surface area contributed by atoms with Gasteiger partial charge in [-0.1, -0.05) is 43.0 Å². The van der Waals surface area contributed by atoms with Gasteiger partial charge in [0.05, 0.1) is 23.7 Å². The molecule has 3 amide bonds. The lowest BCUT2D eigenvalue weighted by molar-refractivity contribution is 0.0620. The first-order valence-electron chi connectivity index (χ1n) is 13.9. The largest absolute Gasteiger partial charge is 0.496 e. The Labute approximate surface area is 241 Å². The smallest absolute Gasteiger partial charge is 0.331 e. The first-order chi connectivity index (χ1) is 19.2. The number of ether oxygens (including phenoxy) is 1. The lowest BCUT2D eigenvalue weighted by Crippen LogP contribution is -2.54. The number of benzene rings is 2. The number of aliphatic hydroxyl groups is 1. The minimum absolute atomic E-state index is 0.0000371. The Balaban J connectivity index is 1.36. The van der Waals surface area contributed by atoms with Gasteiger partial charge >= 0.3 is 6.03 Å². The highest BCUT2D eigenvalue weighted by Crippen LogP contribution is 2.31. The number of carbonyl (C=O) groups is 2. The van der Waals surface area contributed by atoms with Crippen molar-refractivity contribution in [3.63, 3.8) is 0 Å². The van der Waals surface area contributed by atoms with Gasteiger partial charge < -0.3 is 20.1 Å². The second kappa shape index (κ2) is 13.7. The molecule has 2 aromatic rings. The molecule has 0 bridgehead atoms. The lowest BCUT2D eigenvalue weighted by Gasteiger charge is -2.42. The van der Waals surface area contributed by atoms with Crippen LogP contribution >= 0.6 is 11.6 Å². The van der Waals surface area contributed by atoms with Gasteiger partial charge in [-0.05, 0) is 80.8 Å². The van der Waals surface area contributed by atoms with Crippen LogP contribution in [-0.4, -0.2) is 62.2 Å². The zero-order valence-electron chi connectivity index (χ0n) is 22.8. The third kappa shape index (κ3) is 7.67. The van der Waals surface area contributed by atoms with Gasteiger partial charge in [-0.25, -0.2) is 17.9 Å². The Morgan fingerprint density at radius 2 is 1.62 bits per heavy atom. The van der Waals surface area contributed by atoms with Crippen LogP contribution in [0.3, 0.4) is 0 Å². The van der Waals surface area contributed by atoms with Gasteiger partial charge in [0.25, 0.3) is 15.9 Å². The molecular weight excluding hydrogens is 554 g/mol. The van der Waals surface area contributed by atoms with E-state index in [1.807, 2.05) is 0 Å². The van der Waals surface area contributed by atoms with E-state index in [0.29, 0.717) is 55.0 Å². The van der Waals surface area contributed by atoms with Gasteiger partial charge in [-0.2, -0.15) is 0 Å². The van der Waals surface area contributed by atoms with E-state index in [1.165, 1.54) is 25.3 Å². The average Bonchev–Trinajstić information content (AvgIpc) is 2.95. The van der Waals surface area contributed by atoms with E-state index in [-0.39, 0.29) is 29.0 Å². The van der Waals surface area contributed by atoms with Crippen molar-refractivity contribution in [2.24, 2.45) is 0 Å². The topological polar surface area (TPSA) is 125 Å². The number of rotatable bonds is 9. The number of methoxy groups -OCH3 is 1. The van der Waals surface area contributed by atoms with Crippen molar-refractivity contribution in [2.45, 2.75) is 87.3 Å². The highest BCUT2D eigenvalue weighted by molar-refractivity contribution is 7.90. The predicted octanol–water partition coefficient (Wildman–Crippen LogP) is 4.66. The van der Waals surface area contributed by atoms with E-state index < -0.39 is 16.1 Å². The SMILES string of the molecule is COc1ccc(Cl)cc1C(=O)NCCc1ccc(S(=O)(=O)NC(=O)N(C2CCCCC2)C2CCC(O)CC2)cc1. The van der Waals surface area contributed by atoms with Gasteiger partial charge in [0.2, 0.25) is 0 Å². The third-order valence-electron chi connectivity index (χ3n) is 7.82. The fourth-order valence-electron chi connectivity index (χ4n) is 5.66. The summed E-state index contributed by atoms with van der Waals surface area (Å²) in [6.07, 6.45) is 7.57. The summed E-state index contributed by atoms with van der Waals surface area (Å²) in [5, 5.41) is 13.2. The summed E-state index contributed by atoms with van der Waals surface area (Å²) in [7, 11) is -2.60. The van der Waals surface area contributed by atoms with Crippen LogP contribution in [0.1, 0.15) is 73.7 Å². The molecule has 0 heterocycles. The predicted molar refractivity (Wildman–Crippen MR) is 153 cm³/mol. The maximum Gasteiger partial charge on any atom is 0.331 e. The van der Waals surface area contributed by atoms with E-state index in [2.05, 4.69) is 10.0 Å². The number of carbonyl (C=O) groups excluding carboxylic acids is 2. The molecule has 0 unspecified atom stereocenters. The van der Waals surface area contributed by atoms with Crippen molar-refractivity contribution in [1.82, 2.24) is 14.9 Å². The molecular formula is C29H38ClN3O6S. The zero-order chi connectivity index (χ0) is 28.7. The van der Waals surface area contributed by atoms with Crippen molar-refractivity contribution in [1.29, 1.82) is 0 Å². The monoisotopic (exact) mass is 591 g/mol. The fourth-order valence-corrected chi connectivity index (χ4v) is 6.78. The van der Waals surface area contributed by atoms with Crippen LogP contribution in [0.2, 0.25) is 5.02 Å². The number of hydrogen-bond donors (Lipinski definition) is 3. The number of nitrogens with one attached hydrogen (secondary N) is 2. The van der Waals surface area contributed by atoms with Crippen LogP contribution in [0.5, 0.6) is 5.75 Å². The maximum atomic E-state index is 13.4. The quantitative estimate of drug-likeness (QED) is 0.390. The second-order valence-electron chi connectivity index (χ2n) is 10.6. The van der Waals surface area contributed by atoms with Gasteiger partial charge in [0.1, 0.15) is 5.75 Å². The number of sulfonamides is 1. The van der Waals surface area contributed by atoms with Crippen molar-refractivity contribution in [3.8, 4) is 5.75 Å². The summed E-state index contributed by atoms with van der Waals surface area (Å²) in [5.74, 6) is 0.0953. The second-order valence-corrected chi connectivity index (χ2v) is 12.7. The van der Waals surface area contributed by atoms with Crippen LogP contribution in [0, 0.1) is 0 Å². The molecule has 40 heavy (non-hydrogen) atoms. The Hall–Kier alpha value is -2.82. The molecule has 11 heteroatoms. The van der Waals surface area contributed by atoms with Gasteiger partial charge in [0.15, 0.2) is 0 Å². The van der Waals surface area contributed by atoms with Crippen LogP contribution in [0.15, 0.2) is 47.4 Å². The molecule has 9 nitrogen and oxygen atoms in total. The summed E-state index contributed by atoms with van der Waals surface area (Å²) >= 11 is 6.01. The molecule has 2 aliphatic rings. The first kappa shape index (κ1) is 30.1. The Kier molecular flexibility index (Phi) is 10.3. The summed E-state index contributed by atoms with van der Waals surface area (Å²) in [5.41, 5.74) is 1.16. The first-order valence-corrected chi connectivity index (χ1v) is 15.8. The van der Waals surface area contributed by atoms with E-state index in [4.69, 9.17) is 16.3 Å². The van der Waals surface area contributed by atoms with Crippen molar-refractivity contribution < 1.29 is 27.9 Å².